The number of ether oxygens (including phenoxy) is 2. The molecule has 0 aliphatic rings. The minimum atomic E-state index is -0.0570. The first-order valence-electron chi connectivity index (χ1n) is 6.96. The van der Waals surface area contributed by atoms with Gasteiger partial charge >= 0.3 is 0 Å². The summed E-state index contributed by atoms with van der Waals surface area (Å²) in [7, 11) is 1.63. The number of rotatable bonds is 7. The number of nitrogens with one attached hydrogen (secondary N) is 2. The normalized spacial score (nSPS) is 12.2. The van der Waals surface area contributed by atoms with E-state index in [1.807, 2.05) is 38.1 Å². The van der Waals surface area contributed by atoms with Crippen LogP contribution < -0.4 is 20.1 Å². The lowest BCUT2D eigenvalue weighted by Gasteiger charge is -2.15. The largest absolute Gasteiger partial charge is 0.497 e. The van der Waals surface area contributed by atoms with Gasteiger partial charge in [0.1, 0.15) is 17.6 Å². The molecule has 0 saturated heterocycles. The molecule has 1 rings (SSSR count). The molecule has 0 fully saturated rings. The van der Waals surface area contributed by atoms with Crippen molar-refractivity contribution in [3.8, 4) is 23.8 Å². The summed E-state index contributed by atoms with van der Waals surface area (Å²) in [6.07, 6.45) is 5.17. The third-order valence-corrected chi connectivity index (χ3v) is 2.59. The second kappa shape index (κ2) is 9.54. The van der Waals surface area contributed by atoms with Crippen molar-refractivity contribution < 1.29 is 9.47 Å². The minimum absolute atomic E-state index is 0.0570. The topological polar surface area (TPSA) is 54.9 Å². The standard InChI is InChI=1S/C16H23N3O2/c1-5-10-18-16(17-6-2)19-12-13(3)21-15-9-7-8-14(11-15)20-4/h1,7-9,11,13H,6,10,12H2,2-4H3,(H2,17,18,19). The molecular weight excluding hydrogens is 266 g/mol. The zero-order valence-electron chi connectivity index (χ0n) is 12.8. The first-order valence-corrected chi connectivity index (χ1v) is 6.96. The Morgan fingerprint density at radius 3 is 2.81 bits per heavy atom. The molecular formula is C16H23N3O2. The molecule has 0 bridgehead atoms. The molecule has 5 heteroatoms. The fourth-order valence-corrected chi connectivity index (χ4v) is 1.64. The number of terminal acetylenes is 1. The van der Waals surface area contributed by atoms with Crippen molar-refractivity contribution in [1.82, 2.24) is 10.6 Å². The van der Waals surface area contributed by atoms with Crippen LogP contribution in [0, 0.1) is 12.3 Å². The summed E-state index contributed by atoms with van der Waals surface area (Å²) in [5.41, 5.74) is 0. The lowest BCUT2D eigenvalue weighted by Crippen LogP contribution is -2.38. The fraction of sp³-hybridized carbons (Fsp3) is 0.438. The third kappa shape index (κ3) is 6.57. The van der Waals surface area contributed by atoms with Crippen LogP contribution in [-0.2, 0) is 0 Å². The maximum Gasteiger partial charge on any atom is 0.192 e. The van der Waals surface area contributed by atoms with Gasteiger partial charge in [-0.15, -0.1) is 6.42 Å². The Kier molecular flexibility index (Phi) is 7.59. The molecule has 1 atom stereocenters. The molecule has 0 radical (unpaired) electrons. The van der Waals surface area contributed by atoms with Crippen molar-refractivity contribution in [1.29, 1.82) is 0 Å². The average molecular weight is 289 g/mol. The fourth-order valence-electron chi connectivity index (χ4n) is 1.64. The molecule has 1 aromatic rings. The monoisotopic (exact) mass is 289 g/mol. The van der Waals surface area contributed by atoms with Crippen LogP contribution in [0.15, 0.2) is 29.3 Å². The van der Waals surface area contributed by atoms with Gasteiger partial charge in [0, 0.05) is 12.6 Å². The number of methoxy groups -OCH3 is 1. The number of hydrogen-bond acceptors (Lipinski definition) is 3. The summed E-state index contributed by atoms with van der Waals surface area (Å²) in [4.78, 5) is 4.43. The highest BCUT2D eigenvalue weighted by atomic mass is 16.5. The summed E-state index contributed by atoms with van der Waals surface area (Å²) in [6.45, 7) is 5.71. The van der Waals surface area contributed by atoms with Gasteiger partial charge in [0.25, 0.3) is 0 Å². The van der Waals surface area contributed by atoms with Crippen LogP contribution in [0.1, 0.15) is 13.8 Å². The van der Waals surface area contributed by atoms with E-state index in [1.54, 1.807) is 7.11 Å². The lowest BCUT2D eigenvalue weighted by atomic mass is 10.3. The van der Waals surface area contributed by atoms with E-state index >= 15 is 0 Å². The molecule has 5 nitrogen and oxygen atoms in total. The summed E-state index contributed by atoms with van der Waals surface area (Å²) >= 11 is 0. The van der Waals surface area contributed by atoms with Crippen molar-refractivity contribution >= 4 is 5.96 Å². The van der Waals surface area contributed by atoms with Gasteiger partial charge in [-0.1, -0.05) is 12.0 Å². The lowest BCUT2D eigenvalue weighted by molar-refractivity contribution is 0.229. The molecule has 0 aliphatic carbocycles. The molecule has 1 aromatic carbocycles. The van der Waals surface area contributed by atoms with Crippen LogP contribution in [0.4, 0.5) is 0 Å². The molecule has 2 N–H and O–H groups in total. The van der Waals surface area contributed by atoms with Crippen LogP contribution in [-0.4, -0.2) is 38.8 Å². The number of nitrogens with zero attached hydrogens (tertiary/aromatic N) is 1. The first-order chi connectivity index (χ1) is 10.2. The Balaban J connectivity index is 2.54. The van der Waals surface area contributed by atoms with Crippen molar-refractivity contribution in [3.05, 3.63) is 24.3 Å². The van der Waals surface area contributed by atoms with Crippen molar-refractivity contribution in [2.75, 3.05) is 26.7 Å². The highest BCUT2D eigenvalue weighted by molar-refractivity contribution is 5.79. The summed E-state index contributed by atoms with van der Waals surface area (Å²) < 4.78 is 11.0. The van der Waals surface area contributed by atoms with Gasteiger partial charge < -0.3 is 20.1 Å². The molecule has 0 spiro atoms. The van der Waals surface area contributed by atoms with Gasteiger partial charge in [-0.05, 0) is 26.0 Å². The van der Waals surface area contributed by atoms with Crippen molar-refractivity contribution in [2.45, 2.75) is 20.0 Å². The van der Waals surface area contributed by atoms with E-state index in [-0.39, 0.29) is 6.10 Å². The second-order valence-corrected chi connectivity index (χ2v) is 4.38. The maximum atomic E-state index is 5.81. The highest BCUT2D eigenvalue weighted by Gasteiger charge is 2.05. The van der Waals surface area contributed by atoms with E-state index in [0.717, 1.165) is 18.0 Å². The van der Waals surface area contributed by atoms with E-state index in [4.69, 9.17) is 15.9 Å². The Bertz CT molecular complexity index is 495. The predicted molar refractivity (Wildman–Crippen MR) is 85.9 cm³/mol. The molecule has 0 heterocycles. The van der Waals surface area contributed by atoms with E-state index in [2.05, 4.69) is 21.5 Å². The SMILES string of the molecule is C#CCNC(=NCC(C)Oc1cccc(OC)c1)NCC. The smallest absolute Gasteiger partial charge is 0.192 e. The number of benzene rings is 1. The summed E-state index contributed by atoms with van der Waals surface area (Å²) in [5, 5.41) is 6.16. The maximum absolute atomic E-state index is 5.81. The zero-order chi connectivity index (χ0) is 15.5. The van der Waals surface area contributed by atoms with Crippen molar-refractivity contribution in [3.63, 3.8) is 0 Å². The number of guanidine groups is 1. The second-order valence-electron chi connectivity index (χ2n) is 4.38. The first kappa shape index (κ1) is 16.7. The molecule has 0 saturated carbocycles. The van der Waals surface area contributed by atoms with Gasteiger partial charge in [-0.25, -0.2) is 4.99 Å². The van der Waals surface area contributed by atoms with Crippen LogP contribution in [0.25, 0.3) is 0 Å². The Morgan fingerprint density at radius 2 is 2.14 bits per heavy atom. The molecule has 1 unspecified atom stereocenters. The highest BCUT2D eigenvalue weighted by Crippen LogP contribution is 2.19. The quantitative estimate of drug-likeness (QED) is 0.455. The minimum Gasteiger partial charge on any atom is -0.497 e. The molecule has 21 heavy (non-hydrogen) atoms. The predicted octanol–water partition coefficient (Wildman–Crippen LogP) is 1.65. The van der Waals surface area contributed by atoms with Crippen LogP contribution in [0.5, 0.6) is 11.5 Å². The summed E-state index contributed by atoms with van der Waals surface area (Å²) in [6, 6.07) is 7.51. The van der Waals surface area contributed by atoms with Gasteiger partial charge in [-0.2, -0.15) is 0 Å². The van der Waals surface area contributed by atoms with E-state index in [0.29, 0.717) is 19.0 Å². The van der Waals surface area contributed by atoms with Crippen LogP contribution in [0.2, 0.25) is 0 Å². The molecule has 0 aromatic heterocycles. The number of hydrogen-bond donors (Lipinski definition) is 2. The molecule has 0 aliphatic heterocycles. The van der Waals surface area contributed by atoms with E-state index in [9.17, 15) is 0 Å². The van der Waals surface area contributed by atoms with Gasteiger partial charge in [-0.3, -0.25) is 0 Å². The molecule has 114 valence electrons. The summed E-state index contributed by atoms with van der Waals surface area (Å²) in [5.74, 6) is 4.74. The van der Waals surface area contributed by atoms with Crippen molar-refractivity contribution in [2.24, 2.45) is 4.99 Å². The van der Waals surface area contributed by atoms with Gasteiger partial charge in [0.15, 0.2) is 5.96 Å². The molecule has 0 amide bonds. The Morgan fingerprint density at radius 1 is 1.38 bits per heavy atom. The van der Waals surface area contributed by atoms with Gasteiger partial charge in [0.2, 0.25) is 0 Å². The Hall–Kier alpha value is -2.35. The van der Waals surface area contributed by atoms with Crippen LogP contribution in [0.3, 0.4) is 0 Å². The van der Waals surface area contributed by atoms with Crippen LogP contribution >= 0.6 is 0 Å². The van der Waals surface area contributed by atoms with Gasteiger partial charge in [0.05, 0.1) is 20.2 Å². The zero-order valence-corrected chi connectivity index (χ0v) is 12.8. The Labute approximate surface area is 126 Å². The average Bonchev–Trinajstić information content (AvgIpc) is 2.50. The van der Waals surface area contributed by atoms with E-state index in [1.165, 1.54) is 0 Å². The van der Waals surface area contributed by atoms with E-state index < -0.39 is 0 Å². The number of aliphatic imine (C=N–C) groups is 1. The third-order valence-electron chi connectivity index (χ3n) is 2.59.